The highest BCUT2D eigenvalue weighted by Gasteiger charge is 2.21. The van der Waals surface area contributed by atoms with Crippen molar-refractivity contribution in [3.63, 3.8) is 0 Å². The lowest BCUT2D eigenvalue weighted by Gasteiger charge is -2.16. The molecule has 0 aliphatic heterocycles. The summed E-state index contributed by atoms with van der Waals surface area (Å²) >= 11 is 6.14. The second-order valence-corrected chi connectivity index (χ2v) is 5.24. The van der Waals surface area contributed by atoms with Crippen molar-refractivity contribution in [2.75, 3.05) is 20.6 Å². The van der Waals surface area contributed by atoms with Crippen molar-refractivity contribution in [1.82, 2.24) is 24.6 Å². The summed E-state index contributed by atoms with van der Waals surface area (Å²) in [4.78, 5) is 10.3. The second-order valence-electron chi connectivity index (χ2n) is 4.84. The average Bonchev–Trinajstić information content (AvgIpc) is 2.76. The van der Waals surface area contributed by atoms with Crippen molar-refractivity contribution < 1.29 is 5.11 Å². The van der Waals surface area contributed by atoms with Crippen molar-refractivity contribution in [3.8, 4) is 0 Å². The summed E-state index contributed by atoms with van der Waals surface area (Å²) in [6, 6.07) is 1.68. The summed E-state index contributed by atoms with van der Waals surface area (Å²) in [7, 11) is 3.96. The van der Waals surface area contributed by atoms with E-state index in [1.807, 2.05) is 19.0 Å². The number of aliphatic hydroxyl groups excluding tert-OH is 1. The predicted molar refractivity (Wildman–Crippen MR) is 76.6 cm³/mol. The predicted octanol–water partition coefficient (Wildman–Crippen LogP) is 1.28. The average molecular weight is 296 g/mol. The molecular formula is C13H18ClN5O. The van der Waals surface area contributed by atoms with Crippen LogP contribution in [0.15, 0.2) is 18.5 Å². The number of aromatic nitrogens is 4. The van der Waals surface area contributed by atoms with Crippen molar-refractivity contribution in [3.05, 3.63) is 40.7 Å². The van der Waals surface area contributed by atoms with Crippen LogP contribution in [0.5, 0.6) is 0 Å². The SMILES string of the molecule is Cc1nccc(C(O)c2c(Cl)cnn2CCN(C)C)n1. The molecule has 20 heavy (non-hydrogen) atoms. The molecule has 0 aliphatic carbocycles. The quantitative estimate of drug-likeness (QED) is 0.900. The molecule has 2 aromatic rings. The highest BCUT2D eigenvalue weighted by molar-refractivity contribution is 6.31. The van der Waals surface area contributed by atoms with Gasteiger partial charge in [0.1, 0.15) is 11.9 Å². The van der Waals surface area contributed by atoms with Crippen LogP contribution in [-0.2, 0) is 6.54 Å². The van der Waals surface area contributed by atoms with Crippen LogP contribution >= 0.6 is 11.6 Å². The maximum atomic E-state index is 10.5. The lowest BCUT2D eigenvalue weighted by atomic mass is 10.2. The lowest BCUT2D eigenvalue weighted by Crippen LogP contribution is -2.21. The number of aliphatic hydroxyl groups is 1. The van der Waals surface area contributed by atoms with Gasteiger partial charge in [0, 0.05) is 12.7 Å². The fourth-order valence-electron chi connectivity index (χ4n) is 1.88. The Balaban J connectivity index is 2.29. The Labute approximate surface area is 123 Å². The number of rotatable bonds is 5. The van der Waals surface area contributed by atoms with E-state index >= 15 is 0 Å². The molecular weight excluding hydrogens is 278 g/mol. The van der Waals surface area contributed by atoms with E-state index in [2.05, 4.69) is 15.1 Å². The van der Waals surface area contributed by atoms with Gasteiger partial charge in [-0.25, -0.2) is 9.97 Å². The molecule has 7 heteroatoms. The lowest BCUT2D eigenvalue weighted by molar-refractivity contribution is 0.200. The first kappa shape index (κ1) is 14.9. The van der Waals surface area contributed by atoms with Crippen LogP contribution in [0.1, 0.15) is 23.3 Å². The third-order valence-electron chi connectivity index (χ3n) is 2.93. The highest BCUT2D eigenvalue weighted by Crippen LogP contribution is 2.27. The number of aryl methyl sites for hydroxylation is 1. The minimum absolute atomic E-state index is 0.438. The van der Waals surface area contributed by atoms with E-state index in [1.54, 1.807) is 30.1 Å². The third kappa shape index (κ3) is 3.33. The molecule has 0 amide bonds. The van der Waals surface area contributed by atoms with Gasteiger partial charge in [0.15, 0.2) is 0 Å². The van der Waals surface area contributed by atoms with Crippen molar-refractivity contribution in [2.24, 2.45) is 0 Å². The zero-order chi connectivity index (χ0) is 14.7. The summed E-state index contributed by atoms with van der Waals surface area (Å²) in [5.74, 6) is 0.608. The van der Waals surface area contributed by atoms with Crippen LogP contribution in [0.25, 0.3) is 0 Å². The summed E-state index contributed by atoms with van der Waals surface area (Å²) in [6.45, 7) is 3.23. The molecule has 0 radical (unpaired) electrons. The van der Waals surface area contributed by atoms with Gasteiger partial charge in [0.25, 0.3) is 0 Å². The van der Waals surface area contributed by atoms with Crippen LogP contribution < -0.4 is 0 Å². The molecule has 0 spiro atoms. The Bertz CT molecular complexity index is 584. The summed E-state index contributed by atoms with van der Waals surface area (Å²) in [5.41, 5.74) is 1.08. The summed E-state index contributed by atoms with van der Waals surface area (Å²) < 4.78 is 1.71. The Kier molecular flexibility index (Phi) is 4.69. The maximum Gasteiger partial charge on any atom is 0.139 e. The molecule has 0 aliphatic rings. The molecule has 2 heterocycles. The van der Waals surface area contributed by atoms with E-state index in [0.717, 1.165) is 6.54 Å². The monoisotopic (exact) mass is 295 g/mol. The van der Waals surface area contributed by atoms with Gasteiger partial charge < -0.3 is 10.0 Å². The van der Waals surface area contributed by atoms with E-state index in [1.165, 1.54) is 0 Å². The number of nitrogens with zero attached hydrogens (tertiary/aromatic N) is 5. The first-order valence-electron chi connectivity index (χ1n) is 6.32. The summed E-state index contributed by atoms with van der Waals surface area (Å²) in [5, 5.41) is 15.1. The van der Waals surface area contributed by atoms with Gasteiger partial charge in [-0.3, -0.25) is 4.68 Å². The number of halogens is 1. The van der Waals surface area contributed by atoms with Gasteiger partial charge in [0.2, 0.25) is 0 Å². The Morgan fingerprint density at radius 3 is 2.85 bits per heavy atom. The minimum atomic E-state index is -0.908. The molecule has 0 aromatic carbocycles. The number of hydrogen-bond acceptors (Lipinski definition) is 5. The van der Waals surface area contributed by atoms with E-state index < -0.39 is 6.10 Å². The molecule has 0 fully saturated rings. The van der Waals surface area contributed by atoms with Gasteiger partial charge >= 0.3 is 0 Å². The van der Waals surface area contributed by atoms with Crippen LogP contribution in [0.3, 0.4) is 0 Å². The third-order valence-corrected chi connectivity index (χ3v) is 3.22. The van der Waals surface area contributed by atoms with Crippen LogP contribution in [-0.4, -0.2) is 50.4 Å². The largest absolute Gasteiger partial charge is 0.380 e. The molecule has 1 atom stereocenters. The van der Waals surface area contributed by atoms with E-state index in [4.69, 9.17) is 11.6 Å². The maximum absolute atomic E-state index is 10.5. The second kappa shape index (κ2) is 6.30. The zero-order valence-corrected chi connectivity index (χ0v) is 12.5. The minimum Gasteiger partial charge on any atom is -0.380 e. The van der Waals surface area contributed by atoms with Crippen LogP contribution in [0, 0.1) is 6.92 Å². The smallest absolute Gasteiger partial charge is 0.139 e. The first-order valence-corrected chi connectivity index (χ1v) is 6.70. The zero-order valence-electron chi connectivity index (χ0n) is 11.8. The molecule has 0 saturated carbocycles. The molecule has 108 valence electrons. The van der Waals surface area contributed by atoms with Gasteiger partial charge in [-0.05, 0) is 27.1 Å². The van der Waals surface area contributed by atoms with Gasteiger partial charge in [-0.1, -0.05) is 11.6 Å². The summed E-state index contributed by atoms with van der Waals surface area (Å²) in [6.07, 6.45) is 2.26. The fraction of sp³-hybridized carbons (Fsp3) is 0.462. The van der Waals surface area contributed by atoms with Gasteiger partial charge in [0.05, 0.1) is 29.2 Å². The van der Waals surface area contributed by atoms with E-state index in [0.29, 0.717) is 28.8 Å². The fourth-order valence-corrected chi connectivity index (χ4v) is 2.13. The molecule has 1 N–H and O–H groups in total. The standard InChI is InChI=1S/C13H18ClN5O/c1-9-15-5-4-11(17-9)13(20)12-10(14)8-16-19(12)7-6-18(2)3/h4-5,8,13,20H,6-7H2,1-3H3. The van der Waals surface area contributed by atoms with Gasteiger partial charge in [-0.15, -0.1) is 0 Å². The van der Waals surface area contributed by atoms with Crippen molar-refractivity contribution in [2.45, 2.75) is 19.6 Å². The van der Waals surface area contributed by atoms with Gasteiger partial charge in [-0.2, -0.15) is 5.10 Å². The number of likely N-dealkylation sites (N-methyl/N-ethyl adjacent to an activating group) is 1. The Morgan fingerprint density at radius 2 is 2.20 bits per heavy atom. The molecule has 6 nitrogen and oxygen atoms in total. The molecule has 1 unspecified atom stereocenters. The molecule has 0 saturated heterocycles. The Hall–Kier alpha value is -1.50. The van der Waals surface area contributed by atoms with Crippen LogP contribution in [0.4, 0.5) is 0 Å². The number of hydrogen-bond donors (Lipinski definition) is 1. The van der Waals surface area contributed by atoms with Crippen LogP contribution in [0.2, 0.25) is 5.02 Å². The van der Waals surface area contributed by atoms with E-state index in [-0.39, 0.29) is 0 Å². The first-order chi connectivity index (χ1) is 9.49. The topological polar surface area (TPSA) is 67.1 Å². The normalized spacial score (nSPS) is 12.9. The molecule has 2 rings (SSSR count). The van der Waals surface area contributed by atoms with E-state index in [9.17, 15) is 5.11 Å². The van der Waals surface area contributed by atoms with Crippen molar-refractivity contribution in [1.29, 1.82) is 0 Å². The highest BCUT2D eigenvalue weighted by atomic mass is 35.5. The van der Waals surface area contributed by atoms with Crippen molar-refractivity contribution >= 4 is 11.6 Å². The Morgan fingerprint density at radius 1 is 1.45 bits per heavy atom. The molecule has 0 bridgehead atoms. The molecule has 2 aromatic heterocycles.